The maximum Gasteiger partial charge on any atom is 0.311 e. The molecule has 0 saturated heterocycles. The standard InChI is InChI=1S/C15H23NO3/c1-4-9-16(10-5-2)12-7-8-14(17)13(11-12)15(18)19-6-3/h4-5,7-8,12-14,17H,1-2,6,9-11H2,3H3/t12-,13?,14?/m1/s1. The number of hydrogen-bond donors (Lipinski definition) is 1. The Balaban J connectivity index is 2.76. The van der Waals surface area contributed by atoms with Gasteiger partial charge in [0.1, 0.15) is 0 Å². The Kier molecular flexibility index (Phi) is 6.53. The molecule has 0 aromatic heterocycles. The van der Waals surface area contributed by atoms with Crippen molar-refractivity contribution >= 4 is 5.97 Å². The van der Waals surface area contributed by atoms with Crippen LogP contribution < -0.4 is 0 Å². The van der Waals surface area contributed by atoms with E-state index in [4.69, 9.17) is 4.74 Å². The molecule has 0 amide bonds. The molecule has 0 spiro atoms. The molecule has 0 radical (unpaired) electrons. The summed E-state index contributed by atoms with van der Waals surface area (Å²) in [6.45, 7) is 11.0. The van der Waals surface area contributed by atoms with Crippen molar-refractivity contribution in [2.45, 2.75) is 25.5 Å². The van der Waals surface area contributed by atoms with Crippen molar-refractivity contribution in [2.24, 2.45) is 5.92 Å². The molecule has 0 bridgehead atoms. The average molecular weight is 265 g/mol. The monoisotopic (exact) mass is 265 g/mol. The van der Waals surface area contributed by atoms with Crippen LogP contribution in [0.2, 0.25) is 0 Å². The highest BCUT2D eigenvalue weighted by atomic mass is 16.5. The van der Waals surface area contributed by atoms with Crippen molar-refractivity contribution in [2.75, 3.05) is 19.7 Å². The molecular weight excluding hydrogens is 242 g/mol. The van der Waals surface area contributed by atoms with Crippen LogP contribution in [0.15, 0.2) is 37.5 Å². The normalized spacial score (nSPS) is 26.2. The Bertz CT molecular complexity index is 341. The first kappa shape index (κ1) is 15.7. The van der Waals surface area contributed by atoms with Gasteiger partial charge in [0.2, 0.25) is 0 Å². The molecule has 0 aromatic carbocycles. The zero-order valence-electron chi connectivity index (χ0n) is 11.5. The van der Waals surface area contributed by atoms with Gasteiger partial charge in [-0.15, -0.1) is 13.2 Å². The molecule has 0 heterocycles. The number of hydrogen-bond acceptors (Lipinski definition) is 4. The fraction of sp³-hybridized carbons (Fsp3) is 0.533. The van der Waals surface area contributed by atoms with Gasteiger partial charge in [0.15, 0.2) is 0 Å². The number of carbonyl (C=O) groups is 1. The van der Waals surface area contributed by atoms with Crippen molar-refractivity contribution in [1.82, 2.24) is 4.90 Å². The number of carbonyl (C=O) groups excluding carboxylic acids is 1. The fourth-order valence-corrected chi connectivity index (χ4v) is 2.29. The molecular formula is C15H23NO3. The molecule has 4 nitrogen and oxygen atoms in total. The molecule has 0 aliphatic heterocycles. The summed E-state index contributed by atoms with van der Waals surface area (Å²) in [6.07, 6.45) is 7.05. The predicted octanol–water partition coefficient (Wildman–Crippen LogP) is 1.53. The van der Waals surface area contributed by atoms with Gasteiger partial charge in [-0.25, -0.2) is 0 Å². The van der Waals surface area contributed by atoms with E-state index < -0.39 is 12.0 Å². The summed E-state index contributed by atoms with van der Waals surface area (Å²) >= 11 is 0. The first-order valence-electron chi connectivity index (χ1n) is 6.62. The highest BCUT2D eigenvalue weighted by molar-refractivity contribution is 5.73. The Hall–Kier alpha value is -1.39. The van der Waals surface area contributed by atoms with Crippen molar-refractivity contribution in [3.05, 3.63) is 37.5 Å². The van der Waals surface area contributed by atoms with E-state index in [-0.39, 0.29) is 12.0 Å². The van der Waals surface area contributed by atoms with Gasteiger partial charge in [0.25, 0.3) is 0 Å². The number of ether oxygens (including phenoxy) is 1. The molecule has 1 aliphatic rings. The molecule has 1 rings (SSSR count). The van der Waals surface area contributed by atoms with Crippen LogP contribution in [0.25, 0.3) is 0 Å². The maximum atomic E-state index is 11.8. The minimum absolute atomic E-state index is 0.0915. The van der Waals surface area contributed by atoms with Gasteiger partial charge >= 0.3 is 5.97 Å². The lowest BCUT2D eigenvalue weighted by atomic mass is 9.88. The minimum atomic E-state index is -0.760. The van der Waals surface area contributed by atoms with Crippen LogP contribution in [0.5, 0.6) is 0 Å². The van der Waals surface area contributed by atoms with Gasteiger partial charge in [0, 0.05) is 19.1 Å². The lowest BCUT2D eigenvalue weighted by Gasteiger charge is -2.34. The summed E-state index contributed by atoms with van der Waals surface area (Å²) in [6, 6.07) is 0.0915. The van der Waals surface area contributed by atoms with E-state index in [1.807, 2.05) is 18.2 Å². The molecule has 0 fully saturated rings. The Morgan fingerprint density at radius 1 is 1.42 bits per heavy atom. The fourth-order valence-electron chi connectivity index (χ4n) is 2.29. The third kappa shape index (κ3) is 4.33. The topological polar surface area (TPSA) is 49.8 Å². The summed E-state index contributed by atoms with van der Waals surface area (Å²) < 4.78 is 5.01. The maximum absolute atomic E-state index is 11.8. The van der Waals surface area contributed by atoms with Crippen LogP contribution in [0.1, 0.15) is 13.3 Å². The first-order valence-corrected chi connectivity index (χ1v) is 6.62. The lowest BCUT2D eigenvalue weighted by Crippen LogP contribution is -2.42. The van der Waals surface area contributed by atoms with Gasteiger partial charge in [0.05, 0.1) is 18.6 Å². The first-order chi connectivity index (χ1) is 9.13. The van der Waals surface area contributed by atoms with Gasteiger partial charge in [-0.05, 0) is 13.3 Å². The summed E-state index contributed by atoms with van der Waals surface area (Å²) in [5.74, 6) is -0.825. The molecule has 106 valence electrons. The van der Waals surface area contributed by atoms with Crippen molar-refractivity contribution in [1.29, 1.82) is 0 Å². The van der Waals surface area contributed by atoms with E-state index in [0.717, 1.165) is 0 Å². The Morgan fingerprint density at radius 3 is 2.58 bits per heavy atom. The molecule has 2 unspecified atom stereocenters. The lowest BCUT2D eigenvalue weighted by molar-refractivity contribution is -0.152. The summed E-state index contributed by atoms with van der Waals surface area (Å²) in [5, 5.41) is 9.88. The highest BCUT2D eigenvalue weighted by Gasteiger charge is 2.33. The summed E-state index contributed by atoms with van der Waals surface area (Å²) in [4.78, 5) is 14.0. The van der Waals surface area contributed by atoms with E-state index in [0.29, 0.717) is 26.1 Å². The molecule has 1 N–H and O–H groups in total. The number of aliphatic hydroxyl groups excluding tert-OH is 1. The number of esters is 1. The summed E-state index contributed by atoms with van der Waals surface area (Å²) in [7, 11) is 0. The Morgan fingerprint density at radius 2 is 2.05 bits per heavy atom. The smallest absolute Gasteiger partial charge is 0.311 e. The number of aliphatic hydroxyl groups is 1. The zero-order chi connectivity index (χ0) is 14.3. The van der Waals surface area contributed by atoms with Crippen molar-refractivity contribution < 1.29 is 14.6 Å². The SMILES string of the molecule is C=CCN(CC=C)[C@@H]1C=CC(O)C(C(=O)OCC)C1. The second kappa shape index (κ2) is 7.92. The van der Waals surface area contributed by atoms with E-state index in [2.05, 4.69) is 18.1 Å². The quantitative estimate of drug-likeness (QED) is 0.560. The van der Waals surface area contributed by atoms with Gasteiger partial charge in [-0.3, -0.25) is 9.69 Å². The third-order valence-corrected chi connectivity index (χ3v) is 3.22. The minimum Gasteiger partial charge on any atom is -0.466 e. The van der Waals surface area contributed by atoms with Crippen LogP contribution in [-0.2, 0) is 9.53 Å². The second-order valence-corrected chi connectivity index (χ2v) is 4.57. The van der Waals surface area contributed by atoms with Gasteiger partial charge in [-0.2, -0.15) is 0 Å². The van der Waals surface area contributed by atoms with E-state index >= 15 is 0 Å². The van der Waals surface area contributed by atoms with Crippen LogP contribution in [0.3, 0.4) is 0 Å². The molecule has 19 heavy (non-hydrogen) atoms. The van der Waals surface area contributed by atoms with E-state index in [9.17, 15) is 9.90 Å². The number of rotatable bonds is 7. The second-order valence-electron chi connectivity index (χ2n) is 4.57. The predicted molar refractivity (Wildman–Crippen MR) is 75.6 cm³/mol. The zero-order valence-corrected chi connectivity index (χ0v) is 11.5. The van der Waals surface area contributed by atoms with Crippen LogP contribution >= 0.6 is 0 Å². The highest BCUT2D eigenvalue weighted by Crippen LogP contribution is 2.24. The molecule has 0 aromatic rings. The number of nitrogens with zero attached hydrogens (tertiary/aromatic N) is 1. The largest absolute Gasteiger partial charge is 0.466 e. The third-order valence-electron chi connectivity index (χ3n) is 3.22. The van der Waals surface area contributed by atoms with Gasteiger partial charge < -0.3 is 9.84 Å². The van der Waals surface area contributed by atoms with Crippen molar-refractivity contribution in [3.63, 3.8) is 0 Å². The van der Waals surface area contributed by atoms with Crippen LogP contribution in [-0.4, -0.2) is 47.8 Å². The Labute approximate surface area is 115 Å². The van der Waals surface area contributed by atoms with Crippen LogP contribution in [0.4, 0.5) is 0 Å². The molecule has 4 heteroatoms. The van der Waals surface area contributed by atoms with Crippen LogP contribution in [0, 0.1) is 5.92 Å². The van der Waals surface area contributed by atoms with E-state index in [1.54, 1.807) is 13.0 Å². The summed E-state index contributed by atoms with van der Waals surface area (Å²) in [5.41, 5.74) is 0. The molecule has 0 saturated carbocycles. The van der Waals surface area contributed by atoms with Gasteiger partial charge in [-0.1, -0.05) is 24.3 Å². The average Bonchev–Trinajstić information content (AvgIpc) is 2.39. The van der Waals surface area contributed by atoms with E-state index in [1.165, 1.54) is 0 Å². The molecule has 3 atom stereocenters. The van der Waals surface area contributed by atoms with Crippen molar-refractivity contribution in [3.8, 4) is 0 Å². The molecule has 1 aliphatic carbocycles.